The van der Waals surface area contributed by atoms with Crippen LogP contribution in [0.25, 0.3) is 0 Å². The highest BCUT2D eigenvalue weighted by Gasteiger charge is 2.41. The van der Waals surface area contributed by atoms with Crippen molar-refractivity contribution in [3.05, 3.63) is 34.9 Å². The topological polar surface area (TPSA) is 29.1 Å². The Morgan fingerprint density at radius 3 is 2.35 bits per heavy atom. The van der Waals surface area contributed by atoms with Crippen molar-refractivity contribution in [1.82, 2.24) is 5.32 Å². The predicted molar refractivity (Wildman–Crippen MR) is 70.6 cm³/mol. The minimum atomic E-state index is 0.00758. The van der Waals surface area contributed by atoms with E-state index in [1.54, 1.807) is 0 Å². The molecule has 1 aliphatic carbocycles. The van der Waals surface area contributed by atoms with Crippen LogP contribution in [-0.4, -0.2) is 18.3 Å². The number of carbonyl (C=O) groups is 1. The molecule has 0 saturated heterocycles. The fourth-order valence-corrected chi connectivity index (χ4v) is 2.37. The molecule has 17 heavy (non-hydrogen) atoms. The van der Waals surface area contributed by atoms with Gasteiger partial charge in [0.15, 0.2) is 0 Å². The Balaban J connectivity index is 1.99. The van der Waals surface area contributed by atoms with Gasteiger partial charge in [0.05, 0.1) is 0 Å². The number of amides is 1. The van der Waals surface area contributed by atoms with E-state index in [4.69, 9.17) is 11.6 Å². The summed E-state index contributed by atoms with van der Waals surface area (Å²) in [7, 11) is 0. The average Bonchev–Trinajstić information content (AvgIpc) is 3.05. The van der Waals surface area contributed by atoms with Crippen molar-refractivity contribution in [2.75, 3.05) is 12.4 Å². The second kappa shape index (κ2) is 4.69. The molecule has 0 heterocycles. The number of rotatable bonds is 4. The van der Waals surface area contributed by atoms with Gasteiger partial charge in [-0.3, -0.25) is 4.79 Å². The van der Waals surface area contributed by atoms with Crippen LogP contribution in [0.4, 0.5) is 0 Å². The van der Waals surface area contributed by atoms with Crippen molar-refractivity contribution in [2.45, 2.75) is 26.7 Å². The molecular weight excluding hydrogens is 234 g/mol. The third-order valence-electron chi connectivity index (χ3n) is 3.35. The minimum absolute atomic E-state index is 0.00758. The molecule has 0 radical (unpaired) electrons. The Morgan fingerprint density at radius 1 is 1.29 bits per heavy atom. The van der Waals surface area contributed by atoms with Crippen molar-refractivity contribution < 1.29 is 4.79 Å². The number of alkyl halides is 1. The Labute approximate surface area is 107 Å². The molecule has 1 fully saturated rings. The van der Waals surface area contributed by atoms with Crippen molar-refractivity contribution in [1.29, 1.82) is 0 Å². The molecule has 3 heteroatoms. The maximum atomic E-state index is 12.0. The van der Waals surface area contributed by atoms with Gasteiger partial charge >= 0.3 is 0 Å². The fourth-order valence-electron chi connectivity index (χ4n) is 2.01. The third-order valence-corrected chi connectivity index (χ3v) is 3.92. The quantitative estimate of drug-likeness (QED) is 0.819. The van der Waals surface area contributed by atoms with Gasteiger partial charge in [-0.05, 0) is 38.8 Å². The lowest BCUT2D eigenvalue weighted by Crippen LogP contribution is -2.31. The van der Waals surface area contributed by atoms with Crippen LogP contribution in [0, 0.1) is 19.3 Å². The molecule has 1 aromatic carbocycles. The number of benzene rings is 1. The fraction of sp³-hybridized carbons (Fsp3) is 0.500. The molecule has 1 aliphatic rings. The van der Waals surface area contributed by atoms with E-state index in [1.165, 1.54) is 0 Å². The van der Waals surface area contributed by atoms with E-state index in [0.717, 1.165) is 29.5 Å². The van der Waals surface area contributed by atoms with Crippen LogP contribution in [0.3, 0.4) is 0 Å². The number of hydrogen-bond acceptors (Lipinski definition) is 1. The molecule has 92 valence electrons. The normalized spacial score (nSPS) is 16.6. The van der Waals surface area contributed by atoms with E-state index in [0.29, 0.717) is 12.4 Å². The highest BCUT2D eigenvalue weighted by molar-refractivity contribution is 6.18. The van der Waals surface area contributed by atoms with Crippen molar-refractivity contribution in [3.8, 4) is 0 Å². The summed E-state index contributed by atoms with van der Waals surface area (Å²) in [4.78, 5) is 12.0. The van der Waals surface area contributed by atoms with E-state index < -0.39 is 0 Å². The first-order chi connectivity index (χ1) is 8.04. The number of carbonyl (C=O) groups excluding carboxylic acids is 1. The smallest absolute Gasteiger partial charge is 0.251 e. The zero-order valence-corrected chi connectivity index (χ0v) is 11.1. The third kappa shape index (κ3) is 3.01. The maximum absolute atomic E-state index is 12.0. The molecule has 1 aromatic rings. The van der Waals surface area contributed by atoms with E-state index in [2.05, 4.69) is 11.4 Å². The van der Waals surface area contributed by atoms with Gasteiger partial charge in [0.25, 0.3) is 5.91 Å². The molecule has 0 spiro atoms. The molecule has 1 N–H and O–H groups in total. The largest absolute Gasteiger partial charge is 0.351 e. The first kappa shape index (κ1) is 12.4. The van der Waals surface area contributed by atoms with E-state index in [-0.39, 0.29) is 11.3 Å². The molecule has 0 aliphatic heterocycles. The van der Waals surface area contributed by atoms with Crippen LogP contribution in [0.1, 0.15) is 34.3 Å². The second-order valence-electron chi connectivity index (χ2n) is 5.19. The Bertz CT molecular complexity index is 418. The van der Waals surface area contributed by atoms with Crippen LogP contribution >= 0.6 is 11.6 Å². The lowest BCUT2D eigenvalue weighted by Gasteiger charge is -2.13. The summed E-state index contributed by atoms with van der Waals surface area (Å²) in [6.45, 7) is 4.71. The molecule has 2 rings (SSSR count). The van der Waals surface area contributed by atoms with Gasteiger partial charge in [0.1, 0.15) is 0 Å². The van der Waals surface area contributed by atoms with Crippen LogP contribution in [0.5, 0.6) is 0 Å². The molecule has 0 aromatic heterocycles. The van der Waals surface area contributed by atoms with Gasteiger partial charge in [-0.25, -0.2) is 0 Å². The standard InChI is InChI=1S/C14H18ClNO/c1-10-5-11(2)7-12(6-10)13(17)16-9-14(8-15)3-4-14/h5-7H,3-4,8-9H2,1-2H3,(H,16,17). The van der Waals surface area contributed by atoms with Crippen LogP contribution in [0.15, 0.2) is 18.2 Å². The van der Waals surface area contributed by atoms with Crippen LogP contribution in [0.2, 0.25) is 0 Å². The zero-order chi connectivity index (χ0) is 12.5. The Kier molecular flexibility index (Phi) is 3.43. The summed E-state index contributed by atoms with van der Waals surface area (Å²) in [5.74, 6) is 0.647. The molecular formula is C14H18ClNO. The van der Waals surface area contributed by atoms with Crippen molar-refractivity contribution in [2.24, 2.45) is 5.41 Å². The van der Waals surface area contributed by atoms with Gasteiger partial charge in [-0.15, -0.1) is 11.6 Å². The SMILES string of the molecule is Cc1cc(C)cc(C(=O)NCC2(CCl)CC2)c1. The molecule has 1 amide bonds. The van der Waals surface area contributed by atoms with Gasteiger partial charge < -0.3 is 5.32 Å². The first-order valence-corrected chi connectivity index (χ1v) is 6.51. The molecule has 2 nitrogen and oxygen atoms in total. The Morgan fingerprint density at radius 2 is 1.88 bits per heavy atom. The van der Waals surface area contributed by atoms with Crippen molar-refractivity contribution in [3.63, 3.8) is 0 Å². The molecule has 1 saturated carbocycles. The zero-order valence-electron chi connectivity index (χ0n) is 10.3. The van der Waals surface area contributed by atoms with E-state index in [1.807, 2.05) is 26.0 Å². The summed E-state index contributed by atoms with van der Waals surface area (Å²) in [5.41, 5.74) is 3.16. The number of aryl methyl sites for hydroxylation is 2. The summed E-state index contributed by atoms with van der Waals surface area (Å²) in [6, 6.07) is 5.91. The monoisotopic (exact) mass is 251 g/mol. The Hall–Kier alpha value is -1.02. The molecule has 0 atom stereocenters. The highest BCUT2D eigenvalue weighted by Crippen LogP contribution is 2.45. The van der Waals surface area contributed by atoms with E-state index >= 15 is 0 Å². The van der Waals surface area contributed by atoms with Gasteiger partial charge in [-0.1, -0.05) is 17.2 Å². The lowest BCUT2D eigenvalue weighted by atomic mass is 10.1. The van der Waals surface area contributed by atoms with Crippen molar-refractivity contribution >= 4 is 17.5 Å². The summed E-state index contributed by atoms with van der Waals surface area (Å²) >= 11 is 5.88. The second-order valence-corrected chi connectivity index (χ2v) is 5.46. The number of nitrogens with one attached hydrogen (secondary N) is 1. The predicted octanol–water partition coefficient (Wildman–Crippen LogP) is 3.05. The van der Waals surface area contributed by atoms with Gasteiger partial charge in [0.2, 0.25) is 0 Å². The number of halogens is 1. The summed E-state index contributed by atoms with van der Waals surface area (Å²) in [5, 5.41) is 2.98. The van der Waals surface area contributed by atoms with E-state index in [9.17, 15) is 4.79 Å². The summed E-state index contributed by atoms with van der Waals surface area (Å²) in [6.07, 6.45) is 2.26. The first-order valence-electron chi connectivity index (χ1n) is 5.97. The van der Waals surface area contributed by atoms with Crippen LogP contribution < -0.4 is 5.32 Å². The maximum Gasteiger partial charge on any atom is 0.251 e. The molecule has 0 bridgehead atoms. The van der Waals surface area contributed by atoms with Gasteiger partial charge in [0, 0.05) is 23.4 Å². The highest BCUT2D eigenvalue weighted by atomic mass is 35.5. The van der Waals surface area contributed by atoms with Crippen LogP contribution in [-0.2, 0) is 0 Å². The summed E-state index contributed by atoms with van der Waals surface area (Å²) < 4.78 is 0. The number of hydrogen-bond donors (Lipinski definition) is 1. The van der Waals surface area contributed by atoms with Gasteiger partial charge in [-0.2, -0.15) is 0 Å². The average molecular weight is 252 g/mol. The minimum Gasteiger partial charge on any atom is -0.351 e. The molecule has 0 unspecified atom stereocenters. The lowest BCUT2D eigenvalue weighted by molar-refractivity contribution is 0.0946.